The van der Waals surface area contributed by atoms with Crippen LogP contribution in [0, 0.1) is 10.7 Å². The van der Waals surface area contributed by atoms with Crippen LogP contribution in [0.15, 0.2) is 41.7 Å². The van der Waals surface area contributed by atoms with Gasteiger partial charge in [0, 0.05) is 24.8 Å². The Morgan fingerprint density at radius 3 is 2.36 bits per heavy atom. The Kier molecular flexibility index (Phi) is 5.89. The van der Waals surface area contributed by atoms with E-state index in [4.69, 9.17) is 0 Å². The van der Waals surface area contributed by atoms with Crippen molar-refractivity contribution in [2.75, 3.05) is 18.4 Å². The number of aromatic nitrogens is 1. The molecule has 8 heteroatoms. The molecular formula is C17H17FN4O3. The average molecular weight is 344 g/mol. The molecule has 0 aliphatic heterocycles. The summed E-state index contributed by atoms with van der Waals surface area (Å²) in [6.45, 7) is 4.94. The molecule has 0 unspecified atom stereocenters. The summed E-state index contributed by atoms with van der Waals surface area (Å²) in [6.07, 6.45) is 1.37. The standard InChI is InChI=1S/C17H17FN4O3/c1-3-22(4-2)17(24)12-6-8-15(19-10-12)20-16(23)11-5-7-14(21-25)13(18)9-11/h5-10H,3-4H2,1-2H3,(H,19,20,23). The summed E-state index contributed by atoms with van der Waals surface area (Å²) >= 11 is 0. The predicted molar refractivity (Wildman–Crippen MR) is 91.3 cm³/mol. The minimum absolute atomic E-state index is 0.0231. The van der Waals surface area contributed by atoms with Crippen molar-refractivity contribution < 1.29 is 14.0 Å². The van der Waals surface area contributed by atoms with Gasteiger partial charge in [-0.25, -0.2) is 9.37 Å². The van der Waals surface area contributed by atoms with Gasteiger partial charge in [-0.1, -0.05) is 0 Å². The Morgan fingerprint density at radius 2 is 1.84 bits per heavy atom. The average Bonchev–Trinajstić information content (AvgIpc) is 2.63. The van der Waals surface area contributed by atoms with Gasteiger partial charge in [-0.3, -0.25) is 9.59 Å². The smallest absolute Gasteiger partial charge is 0.256 e. The van der Waals surface area contributed by atoms with Gasteiger partial charge in [-0.2, -0.15) is 0 Å². The second-order valence-electron chi connectivity index (χ2n) is 5.12. The largest absolute Gasteiger partial charge is 0.339 e. The molecule has 1 aromatic heterocycles. The zero-order valence-corrected chi connectivity index (χ0v) is 13.8. The number of benzene rings is 1. The van der Waals surface area contributed by atoms with Crippen molar-refractivity contribution >= 4 is 23.3 Å². The van der Waals surface area contributed by atoms with E-state index in [-0.39, 0.29) is 23.0 Å². The van der Waals surface area contributed by atoms with Gasteiger partial charge in [0.2, 0.25) is 0 Å². The highest BCUT2D eigenvalue weighted by Gasteiger charge is 2.14. The third kappa shape index (κ3) is 4.23. The van der Waals surface area contributed by atoms with E-state index in [0.717, 1.165) is 12.1 Å². The minimum atomic E-state index is -0.879. The van der Waals surface area contributed by atoms with E-state index in [1.54, 1.807) is 11.0 Å². The summed E-state index contributed by atoms with van der Waals surface area (Å²) in [5.41, 5.74) is 0.0677. The first-order valence-corrected chi connectivity index (χ1v) is 7.69. The molecule has 2 amide bonds. The molecule has 25 heavy (non-hydrogen) atoms. The maximum Gasteiger partial charge on any atom is 0.256 e. The van der Waals surface area contributed by atoms with Gasteiger partial charge in [0.1, 0.15) is 11.5 Å². The number of nitroso groups, excluding NO2 is 1. The third-order valence-corrected chi connectivity index (χ3v) is 3.61. The lowest BCUT2D eigenvalue weighted by atomic mass is 10.2. The number of anilines is 1. The number of halogens is 1. The van der Waals surface area contributed by atoms with Crippen LogP contribution in [0.25, 0.3) is 0 Å². The molecule has 0 saturated heterocycles. The quantitative estimate of drug-likeness (QED) is 0.813. The number of hydrogen-bond acceptors (Lipinski definition) is 5. The second-order valence-corrected chi connectivity index (χ2v) is 5.12. The molecule has 2 rings (SSSR count). The van der Waals surface area contributed by atoms with E-state index in [0.29, 0.717) is 18.7 Å². The molecule has 1 N–H and O–H groups in total. The zero-order valence-electron chi connectivity index (χ0n) is 13.8. The van der Waals surface area contributed by atoms with Crippen LogP contribution >= 0.6 is 0 Å². The third-order valence-electron chi connectivity index (χ3n) is 3.61. The number of nitrogens with zero attached hydrogens (tertiary/aromatic N) is 3. The molecule has 0 aliphatic rings. The lowest BCUT2D eigenvalue weighted by Crippen LogP contribution is -2.30. The van der Waals surface area contributed by atoms with Crippen LogP contribution in [0.3, 0.4) is 0 Å². The summed E-state index contributed by atoms with van der Waals surface area (Å²) in [5, 5.41) is 5.00. The molecule has 0 atom stereocenters. The van der Waals surface area contributed by atoms with E-state index in [2.05, 4.69) is 15.5 Å². The van der Waals surface area contributed by atoms with E-state index in [1.807, 2.05) is 13.8 Å². The van der Waals surface area contributed by atoms with E-state index < -0.39 is 11.7 Å². The normalized spacial score (nSPS) is 10.2. The van der Waals surface area contributed by atoms with Crippen molar-refractivity contribution in [3.8, 4) is 0 Å². The number of pyridine rings is 1. The fourth-order valence-corrected chi connectivity index (χ4v) is 2.20. The number of carbonyl (C=O) groups excluding carboxylic acids is 2. The highest BCUT2D eigenvalue weighted by molar-refractivity contribution is 6.04. The Labute approximate surface area is 143 Å². The van der Waals surface area contributed by atoms with Crippen molar-refractivity contribution in [2.24, 2.45) is 5.18 Å². The maximum absolute atomic E-state index is 13.5. The first-order chi connectivity index (χ1) is 12.0. The molecule has 0 spiro atoms. The highest BCUT2D eigenvalue weighted by Crippen LogP contribution is 2.19. The van der Waals surface area contributed by atoms with Crippen LogP contribution in [0.5, 0.6) is 0 Å². The molecule has 0 bridgehead atoms. The first-order valence-electron chi connectivity index (χ1n) is 7.69. The SMILES string of the molecule is CCN(CC)C(=O)c1ccc(NC(=O)c2ccc(N=O)c(F)c2)nc1. The van der Waals surface area contributed by atoms with Gasteiger partial charge >= 0.3 is 0 Å². The van der Waals surface area contributed by atoms with Crippen LogP contribution in [0.2, 0.25) is 0 Å². The summed E-state index contributed by atoms with van der Waals surface area (Å²) in [5.74, 6) is -1.39. The van der Waals surface area contributed by atoms with Crippen LogP contribution in [-0.2, 0) is 0 Å². The van der Waals surface area contributed by atoms with Crippen LogP contribution < -0.4 is 5.32 Å². The van der Waals surface area contributed by atoms with Crippen LogP contribution in [0.4, 0.5) is 15.9 Å². The zero-order chi connectivity index (χ0) is 18.4. The molecule has 0 saturated carbocycles. The van der Waals surface area contributed by atoms with Crippen molar-refractivity contribution in [1.29, 1.82) is 0 Å². The molecule has 1 aromatic carbocycles. The number of rotatable bonds is 6. The molecule has 130 valence electrons. The van der Waals surface area contributed by atoms with Crippen LogP contribution in [-0.4, -0.2) is 34.8 Å². The van der Waals surface area contributed by atoms with E-state index >= 15 is 0 Å². The number of nitrogens with one attached hydrogen (secondary N) is 1. The van der Waals surface area contributed by atoms with Crippen molar-refractivity contribution in [2.45, 2.75) is 13.8 Å². The Hall–Kier alpha value is -3.16. The van der Waals surface area contributed by atoms with Crippen LogP contribution in [0.1, 0.15) is 34.6 Å². The Morgan fingerprint density at radius 1 is 1.16 bits per heavy atom. The van der Waals surface area contributed by atoms with Crippen molar-refractivity contribution in [1.82, 2.24) is 9.88 Å². The minimum Gasteiger partial charge on any atom is -0.339 e. The monoisotopic (exact) mass is 344 g/mol. The molecule has 7 nitrogen and oxygen atoms in total. The van der Waals surface area contributed by atoms with Crippen molar-refractivity contribution in [3.05, 3.63) is 58.4 Å². The highest BCUT2D eigenvalue weighted by atomic mass is 19.1. The van der Waals surface area contributed by atoms with E-state index in [9.17, 15) is 18.9 Å². The van der Waals surface area contributed by atoms with Gasteiger partial charge in [-0.15, -0.1) is 4.91 Å². The van der Waals surface area contributed by atoms with Gasteiger partial charge in [-0.05, 0) is 49.4 Å². The van der Waals surface area contributed by atoms with Gasteiger partial charge < -0.3 is 10.2 Å². The summed E-state index contributed by atoms with van der Waals surface area (Å²) in [7, 11) is 0. The Balaban J connectivity index is 2.10. The lowest BCUT2D eigenvalue weighted by molar-refractivity contribution is 0.0772. The topological polar surface area (TPSA) is 91.7 Å². The summed E-state index contributed by atoms with van der Waals surface area (Å²) in [6, 6.07) is 6.38. The fraction of sp³-hybridized carbons (Fsp3) is 0.235. The molecule has 0 fully saturated rings. The Bertz CT molecular complexity index is 789. The van der Waals surface area contributed by atoms with Gasteiger partial charge in [0.15, 0.2) is 5.82 Å². The summed E-state index contributed by atoms with van der Waals surface area (Å²) in [4.78, 5) is 40.3. The number of amides is 2. The summed E-state index contributed by atoms with van der Waals surface area (Å²) < 4.78 is 13.5. The molecule has 2 aromatic rings. The van der Waals surface area contributed by atoms with Gasteiger partial charge in [0.25, 0.3) is 11.8 Å². The lowest BCUT2D eigenvalue weighted by Gasteiger charge is -2.18. The molecule has 0 aliphatic carbocycles. The number of hydrogen-bond donors (Lipinski definition) is 1. The predicted octanol–water partition coefficient (Wildman–Crippen LogP) is 3.35. The fourth-order valence-electron chi connectivity index (χ4n) is 2.20. The van der Waals surface area contributed by atoms with E-state index in [1.165, 1.54) is 18.3 Å². The molecule has 1 heterocycles. The first kappa shape index (κ1) is 18.2. The second kappa shape index (κ2) is 8.09. The maximum atomic E-state index is 13.5. The van der Waals surface area contributed by atoms with Gasteiger partial charge in [0.05, 0.1) is 5.56 Å². The van der Waals surface area contributed by atoms with Crippen molar-refractivity contribution in [3.63, 3.8) is 0 Å². The molecular weight excluding hydrogens is 327 g/mol. The molecule has 0 radical (unpaired) electrons. The number of carbonyl (C=O) groups is 2.